The van der Waals surface area contributed by atoms with Crippen LogP contribution in [0.3, 0.4) is 0 Å². The lowest BCUT2D eigenvalue weighted by Gasteiger charge is -2.19. The van der Waals surface area contributed by atoms with E-state index in [1.54, 1.807) is 6.07 Å². The van der Waals surface area contributed by atoms with Gasteiger partial charge in [-0.1, -0.05) is 29.8 Å². The zero-order valence-electron chi connectivity index (χ0n) is 14.7. The standard InChI is InChI=1S/C21H12ClFO5S/c22-16-5-3-6-17(23)15(16)11-28-21(25)12-8-9-14-19(10-12)29(26,27)18-7-2-1-4-13(18)20(14)24/h1-10H,11H2. The molecule has 0 saturated carbocycles. The molecule has 0 atom stereocenters. The first kappa shape index (κ1) is 19.3. The van der Waals surface area contributed by atoms with Crippen LogP contribution in [-0.2, 0) is 21.2 Å². The number of hydrogen-bond donors (Lipinski definition) is 0. The third-order valence-corrected chi connectivity index (χ3v) is 6.79. The van der Waals surface area contributed by atoms with Crippen LogP contribution in [0.25, 0.3) is 0 Å². The Morgan fingerprint density at radius 2 is 1.69 bits per heavy atom. The summed E-state index contributed by atoms with van der Waals surface area (Å²) in [6.07, 6.45) is 0. The van der Waals surface area contributed by atoms with Gasteiger partial charge in [0.1, 0.15) is 12.4 Å². The average Bonchev–Trinajstić information content (AvgIpc) is 2.71. The minimum Gasteiger partial charge on any atom is -0.457 e. The molecule has 4 rings (SSSR count). The van der Waals surface area contributed by atoms with Gasteiger partial charge in [0.15, 0.2) is 5.78 Å². The zero-order chi connectivity index (χ0) is 20.8. The summed E-state index contributed by atoms with van der Waals surface area (Å²) in [6.45, 7) is -0.421. The van der Waals surface area contributed by atoms with Crippen LogP contribution in [0.1, 0.15) is 31.8 Å². The van der Waals surface area contributed by atoms with Crippen LogP contribution in [0.15, 0.2) is 70.5 Å². The Morgan fingerprint density at radius 1 is 0.966 bits per heavy atom. The zero-order valence-corrected chi connectivity index (χ0v) is 16.3. The average molecular weight is 431 g/mol. The van der Waals surface area contributed by atoms with E-state index in [0.29, 0.717) is 0 Å². The molecule has 8 heteroatoms. The molecule has 5 nitrogen and oxygen atoms in total. The van der Waals surface area contributed by atoms with Gasteiger partial charge in [-0.2, -0.15) is 0 Å². The molecule has 146 valence electrons. The maximum Gasteiger partial charge on any atom is 0.338 e. The van der Waals surface area contributed by atoms with Crippen molar-refractivity contribution in [1.29, 1.82) is 0 Å². The molecule has 0 fully saturated rings. The molecule has 3 aromatic carbocycles. The molecule has 0 aromatic heterocycles. The predicted molar refractivity (Wildman–Crippen MR) is 102 cm³/mol. The van der Waals surface area contributed by atoms with Crippen molar-refractivity contribution >= 4 is 33.2 Å². The largest absolute Gasteiger partial charge is 0.457 e. The fourth-order valence-electron chi connectivity index (χ4n) is 3.10. The first-order valence-corrected chi connectivity index (χ1v) is 10.3. The molecule has 1 heterocycles. The summed E-state index contributed by atoms with van der Waals surface area (Å²) in [4.78, 5) is 24.6. The van der Waals surface area contributed by atoms with Gasteiger partial charge in [-0.25, -0.2) is 17.6 Å². The minimum absolute atomic E-state index is 0.0113. The van der Waals surface area contributed by atoms with Crippen LogP contribution in [-0.4, -0.2) is 20.2 Å². The molecule has 29 heavy (non-hydrogen) atoms. The van der Waals surface area contributed by atoms with Gasteiger partial charge in [0, 0.05) is 16.7 Å². The van der Waals surface area contributed by atoms with Crippen molar-refractivity contribution < 1.29 is 27.1 Å². The highest BCUT2D eigenvalue weighted by Crippen LogP contribution is 2.35. The van der Waals surface area contributed by atoms with Crippen LogP contribution in [0.4, 0.5) is 4.39 Å². The van der Waals surface area contributed by atoms with Gasteiger partial charge < -0.3 is 4.74 Å². The normalized spacial score (nSPS) is 14.1. The minimum atomic E-state index is -3.98. The molecule has 0 spiro atoms. The van der Waals surface area contributed by atoms with Gasteiger partial charge in [-0.3, -0.25) is 4.79 Å². The van der Waals surface area contributed by atoms with Crippen LogP contribution in [0.2, 0.25) is 5.02 Å². The lowest BCUT2D eigenvalue weighted by molar-refractivity contribution is 0.0468. The van der Waals surface area contributed by atoms with Gasteiger partial charge in [0.25, 0.3) is 0 Å². The molecule has 0 aliphatic carbocycles. The Hall–Kier alpha value is -3.03. The van der Waals surface area contributed by atoms with Gasteiger partial charge in [0.05, 0.1) is 20.4 Å². The van der Waals surface area contributed by atoms with E-state index in [0.717, 1.165) is 6.07 Å². The van der Waals surface area contributed by atoms with Crippen molar-refractivity contribution in [1.82, 2.24) is 0 Å². The number of ketones is 1. The number of rotatable bonds is 3. The van der Waals surface area contributed by atoms with E-state index in [2.05, 4.69) is 0 Å². The maximum atomic E-state index is 13.8. The molecule has 0 N–H and O–H groups in total. The molecule has 0 bridgehead atoms. The van der Waals surface area contributed by atoms with Crippen LogP contribution < -0.4 is 0 Å². The third-order valence-electron chi connectivity index (χ3n) is 4.58. The van der Waals surface area contributed by atoms with Crippen LogP contribution >= 0.6 is 11.6 Å². The van der Waals surface area contributed by atoms with Crippen molar-refractivity contribution in [3.8, 4) is 0 Å². The number of carbonyl (C=O) groups excluding carboxylic acids is 2. The van der Waals surface area contributed by atoms with E-state index in [-0.39, 0.29) is 37.1 Å². The van der Waals surface area contributed by atoms with Crippen molar-refractivity contribution in [2.24, 2.45) is 0 Å². The summed E-state index contributed by atoms with van der Waals surface area (Å²) in [6, 6.07) is 13.6. The highest BCUT2D eigenvalue weighted by molar-refractivity contribution is 7.91. The number of fused-ring (bicyclic) bond motifs is 2. The summed E-state index contributed by atoms with van der Waals surface area (Å²) in [5.74, 6) is -1.93. The quantitative estimate of drug-likeness (QED) is 0.455. The van der Waals surface area contributed by atoms with E-state index in [9.17, 15) is 22.4 Å². The predicted octanol–water partition coefficient (Wildman–Crippen LogP) is 4.21. The Balaban J connectivity index is 1.67. The fraction of sp³-hybridized carbons (Fsp3) is 0.0476. The summed E-state index contributed by atoms with van der Waals surface area (Å²) in [7, 11) is -3.98. The van der Waals surface area contributed by atoms with Crippen molar-refractivity contribution in [2.75, 3.05) is 0 Å². The van der Waals surface area contributed by atoms with Crippen molar-refractivity contribution in [3.05, 3.63) is 93.8 Å². The van der Waals surface area contributed by atoms with E-state index < -0.39 is 34.0 Å². The lowest BCUT2D eigenvalue weighted by atomic mass is 10.0. The number of benzene rings is 3. The number of carbonyl (C=O) groups is 2. The van der Waals surface area contributed by atoms with Crippen molar-refractivity contribution in [2.45, 2.75) is 16.4 Å². The Labute approximate surface area is 170 Å². The molecule has 3 aromatic rings. The van der Waals surface area contributed by atoms with Gasteiger partial charge >= 0.3 is 5.97 Å². The number of esters is 1. The second kappa shape index (κ2) is 7.09. The van der Waals surface area contributed by atoms with Gasteiger partial charge in [-0.15, -0.1) is 0 Å². The molecule has 0 amide bonds. The van der Waals surface area contributed by atoms with Crippen LogP contribution in [0.5, 0.6) is 0 Å². The molecule has 0 radical (unpaired) electrons. The smallest absolute Gasteiger partial charge is 0.338 e. The highest BCUT2D eigenvalue weighted by atomic mass is 35.5. The third kappa shape index (κ3) is 3.22. The fourth-order valence-corrected chi connectivity index (χ4v) is 5.00. The lowest BCUT2D eigenvalue weighted by Crippen LogP contribution is -2.21. The first-order chi connectivity index (χ1) is 13.8. The Bertz CT molecular complexity index is 1260. The molecular weight excluding hydrogens is 419 g/mol. The SMILES string of the molecule is O=C(OCc1c(F)cccc1Cl)c1ccc2c(c1)S(=O)(=O)c1ccccc1C2=O. The van der Waals surface area contributed by atoms with Crippen LogP contribution in [0, 0.1) is 5.82 Å². The van der Waals surface area contributed by atoms with Gasteiger partial charge in [-0.05, 0) is 42.5 Å². The topological polar surface area (TPSA) is 77.5 Å². The molecule has 0 saturated heterocycles. The Kier molecular flexibility index (Phi) is 4.72. The number of hydrogen-bond acceptors (Lipinski definition) is 5. The summed E-state index contributed by atoms with van der Waals surface area (Å²) >= 11 is 5.91. The first-order valence-electron chi connectivity index (χ1n) is 8.43. The summed E-state index contributed by atoms with van der Waals surface area (Å²) < 4.78 is 44.7. The van der Waals surface area contributed by atoms with Crippen molar-refractivity contribution in [3.63, 3.8) is 0 Å². The molecular formula is C21H12ClFO5S. The summed E-state index contributed by atoms with van der Waals surface area (Å²) in [5.41, 5.74) is 0.00564. The van der Waals surface area contributed by atoms with E-state index in [1.165, 1.54) is 48.5 Å². The van der Waals surface area contributed by atoms with Gasteiger partial charge in [0.2, 0.25) is 9.84 Å². The number of halogens is 2. The summed E-state index contributed by atoms with van der Waals surface area (Å²) in [5, 5.41) is 0.105. The highest BCUT2D eigenvalue weighted by Gasteiger charge is 2.35. The van der Waals surface area contributed by atoms with E-state index in [4.69, 9.17) is 16.3 Å². The molecule has 1 aliphatic heterocycles. The monoisotopic (exact) mass is 430 g/mol. The second-order valence-corrected chi connectivity index (χ2v) is 8.61. The second-order valence-electron chi connectivity index (χ2n) is 6.32. The Morgan fingerprint density at radius 3 is 2.45 bits per heavy atom. The van der Waals surface area contributed by atoms with E-state index >= 15 is 0 Å². The number of sulfone groups is 1. The van der Waals surface area contributed by atoms with E-state index in [1.807, 2.05) is 0 Å². The maximum absolute atomic E-state index is 13.8. The molecule has 1 aliphatic rings. The molecule has 0 unspecified atom stereocenters. The number of ether oxygens (including phenoxy) is 1.